The molecule has 11 nitrogen and oxygen atoms in total. The Bertz CT molecular complexity index is 1600. The van der Waals surface area contributed by atoms with Crippen molar-refractivity contribution in [2.75, 3.05) is 11.1 Å². The van der Waals surface area contributed by atoms with E-state index in [1.807, 2.05) is 31.3 Å². The van der Waals surface area contributed by atoms with E-state index in [0.717, 1.165) is 34.9 Å². The number of nitrogens with zero attached hydrogens (tertiary/aromatic N) is 6. The Morgan fingerprint density at radius 2 is 2.03 bits per heavy atom. The molecule has 1 saturated carbocycles. The first-order valence-corrected chi connectivity index (χ1v) is 11.2. The van der Waals surface area contributed by atoms with Crippen molar-refractivity contribution >= 4 is 34.3 Å². The minimum Gasteiger partial charge on any atom is -0.395 e. The van der Waals surface area contributed by atoms with Crippen LogP contribution in [0.2, 0.25) is 0 Å². The van der Waals surface area contributed by atoms with Crippen LogP contribution in [0.3, 0.4) is 0 Å². The maximum Gasteiger partial charge on any atom is 0.269 e. The Hall–Kier alpha value is -4.80. The fourth-order valence-electron chi connectivity index (χ4n) is 4.26. The molecule has 0 bridgehead atoms. The van der Waals surface area contributed by atoms with Gasteiger partial charge in [0, 0.05) is 35.6 Å². The van der Waals surface area contributed by atoms with Crippen molar-refractivity contribution in [2.24, 2.45) is 5.73 Å². The van der Waals surface area contributed by atoms with Crippen LogP contribution < -0.4 is 16.8 Å². The lowest BCUT2D eigenvalue weighted by Crippen LogP contribution is -2.18. The zero-order valence-corrected chi connectivity index (χ0v) is 18.9. The Morgan fingerprint density at radius 1 is 1.17 bits per heavy atom. The third kappa shape index (κ3) is 3.53. The maximum atomic E-state index is 12.3. The monoisotopic (exact) mass is 466 g/mol. The van der Waals surface area contributed by atoms with E-state index >= 15 is 0 Å². The summed E-state index contributed by atoms with van der Waals surface area (Å²) < 4.78 is 2.09. The number of aryl methyl sites for hydroxylation is 1. The van der Waals surface area contributed by atoms with Crippen molar-refractivity contribution in [1.82, 2.24) is 34.7 Å². The standard InChI is InChI=1S/C24H22N10O/c1-12-4-7-16-15(11-29-33-16)17(12)19-18(25)20(21(26)35)31-23(30-19)14-3-2-8-27-22(14)32-24-28-9-10-34(24)13-5-6-13/h2-4,7-11,13H,5-6,25H2,1H3,(H2,26,35)(H,29,33)(H,27,28,32). The van der Waals surface area contributed by atoms with Gasteiger partial charge in [0.2, 0.25) is 5.95 Å². The molecule has 1 fully saturated rings. The lowest BCUT2D eigenvalue weighted by Gasteiger charge is -2.15. The van der Waals surface area contributed by atoms with Crippen LogP contribution in [0, 0.1) is 6.92 Å². The van der Waals surface area contributed by atoms with Gasteiger partial charge in [-0.2, -0.15) is 5.10 Å². The molecule has 1 amide bonds. The van der Waals surface area contributed by atoms with Crippen molar-refractivity contribution in [1.29, 1.82) is 0 Å². The predicted molar refractivity (Wildman–Crippen MR) is 132 cm³/mol. The van der Waals surface area contributed by atoms with E-state index in [-0.39, 0.29) is 17.2 Å². The van der Waals surface area contributed by atoms with Gasteiger partial charge in [0.25, 0.3) is 5.91 Å². The lowest BCUT2D eigenvalue weighted by molar-refractivity contribution is 0.0996. The summed E-state index contributed by atoms with van der Waals surface area (Å²) in [5.41, 5.74) is 15.6. The number of nitrogen functional groups attached to an aromatic ring is 1. The van der Waals surface area contributed by atoms with E-state index in [2.05, 4.69) is 35.0 Å². The van der Waals surface area contributed by atoms with Gasteiger partial charge in [-0.15, -0.1) is 0 Å². The molecular weight excluding hydrogens is 444 g/mol. The van der Waals surface area contributed by atoms with E-state index in [1.165, 1.54) is 0 Å². The number of aromatic nitrogens is 7. The highest BCUT2D eigenvalue weighted by molar-refractivity contribution is 6.04. The summed E-state index contributed by atoms with van der Waals surface area (Å²) in [4.78, 5) is 30.5. The minimum absolute atomic E-state index is 0.0563. The Balaban J connectivity index is 1.54. The number of anilines is 3. The van der Waals surface area contributed by atoms with Gasteiger partial charge in [-0.25, -0.2) is 19.9 Å². The van der Waals surface area contributed by atoms with Crippen molar-refractivity contribution in [3.8, 4) is 22.6 Å². The number of hydrogen-bond donors (Lipinski definition) is 4. The number of carbonyl (C=O) groups is 1. The molecule has 35 heavy (non-hydrogen) atoms. The molecule has 6 rings (SSSR count). The fourth-order valence-corrected chi connectivity index (χ4v) is 4.26. The van der Waals surface area contributed by atoms with E-state index in [1.54, 1.807) is 24.7 Å². The molecule has 174 valence electrons. The Morgan fingerprint density at radius 3 is 2.83 bits per heavy atom. The quantitative estimate of drug-likeness (QED) is 0.295. The molecule has 1 aliphatic carbocycles. The topological polar surface area (TPSA) is 166 Å². The summed E-state index contributed by atoms with van der Waals surface area (Å²) in [5, 5.41) is 11.2. The molecule has 4 heterocycles. The fraction of sp³-hybridized carbons (Fsp3) is 0.167. The third-order valence-corrected chi connectivity index (χ3v) is 6.14. The van der Waals surface area contributed by atoms with Crippen LogP contribution in [0.1, 0.15) is 34.9 Å². The smallest absolute Gasteiger partial charge is 0.269 e. The molecule has 0 atom stereocenters. The zero-order valence-electron chi connectivity index (χ0n) is 18.9. The number of imidazole rings is 1. The SMILES string of the molecule is Cc1ccc2[nH]ncc2c1-c1nc(-c2cccnc2Nc2nccn2C2CC2)nc(C(N)=O)c1N. The summed E-state index contributed by atoms with van der Waals surface area (Å²) in [6.07, 6.45) is 9.30. The van der Waals surface area contributed by atoms with Gasteiger partial charge in [0.15, 0.2) is 11.5 Å². The number of benzene rings is 1. The number of nitrogens with two attached hydrogens (primary N) is 2. The number of hydrogen-bond acceptors (Lipinski definition) is 8. The van der Waals surface area contributed by atoms with Crippen molar-refractivity contribution < 1.29 is 4.79 Å². The average molecular weight is 467 g/mol. The molecule has 0 saturated heterocycles. The normalized spacial score (nSPS) is 13.3. The molecule has 1 aliphatic rings. The number of rotatable bonds is 6. The maximum absolute atomic E-state index is 12.3. The molecule has 1 aromatic carbocycles. The van der Waals surface area contributed by atoms with Gasteiger partial charge >= 0.3 is 0 Å². The summed E-state index contributed by atoms with van der Waals surface area (Å²) in [7, 11) is 0. The van der Waals surface area contributed by atoms with E-state index in [4.69, 9.17) is 16.5 Å². The molecular formula is C24H22N10O. The van der Waals surface area contributed by atoms with Crippen molar-refractivity contribution in [2.45, 2.75) is 25.8 Å². The number of amides is 1. The van der Waals surface area contributed by atoms with Crippen molar-refractivity contribution in [3.05, 3.63) is 60.3 Å². The summed E-state index contributed by atoms with van der Waals surface area (Å²) in [6, 6.07) is 7.91. The molecule has 4 aromatic heterocycles. The van der Waals surface area contributed by atoms with Crippen LogP contribution in [0.5, 0.6) is 0 Å². The van der Waals surface area contributed by atoms with Crippen LogP contribution >= 0.6 is 0 Å². The van der Waals surface area contributed by atoms with Gasteiger partial charge in [-0.3, -0.25) is 9.89 Å². The molecule has 5 aromatic rings. The van der Waals surface area contributed by atoms with E-state index in [0.29, 0.717) is 29.1 Å². The summed E-state index contributed by atoms with van der Waals surface area (Å²) in [6.45, 7) is 1.95. The van der Waals surface area contributed by atoms with Crippen LogP contribution in [0.4, 0.5) is 17.5 Å². The summed E-state index contributed by atoms with van der Waals surface area (Å²) in [5.74, 6) is 0.706. The first kappa shape index (κ1) is 20.8. The molecule has 0 unspecified atom stereocenters. The van der Waals surface area contributed by atoms with E-state index in [9.17, 15) is 4.79 Å². The predicted octanol–water partition coefficient (Wildman–Crippen LogP) is 3.35. The van der Waals surface area contributed by atoms with Gasteiger partial charge in [0.05, 0.1) is 28.7 Å². The number of fused-ring (bicyclic) bond motifs is 1. The summed E-state index contributed by atoms with van der Waals surface area (Å²) >= 11 is 0. The highest BCUT2D eigenvalue weighted by Crippen LogP contribution is 2.39. The second-order valence-corrected chi connectivity index (χ2v) is 8.52. The number of nitrogens with one attached hydrogen (secondary N) is 2. The second-order valence-electron chi connectivity index (χ2n) is 8.52. The van der Waals surface area contributed by atoms with Crippen LogP contribution in [0.15, 0.2) is 49.1 Å². The van der Waals surface area contributed by atoms with Gasteiger partial charge in [0.1, 0.15) is 5.82 Å². The molecule has 11 heteroatoms. The van der Waals surface area contributed by atoms with Gasteiger partial charge in [-0.05, 0) is 43.5 Å². The van der Waals surface area contributed by atoms with Crippen LogP contribution in [0.25, 0.3) is 33.5 Å². The Labute approximate surface area is 199 Å². The lowest BCUT2D eigenvalue weighted by atomic mass is 9.99. The number of H-pyrrole nitrogens is 1. The molecule has 6 N–H and O–H groups in total. The Kier molecular flexibility index (Phi) is 4.69. The first-order chi connectivity index (χ1) is 17.0. The van der Waals surface area contributed by atoms with Gasteiger partial charge in [-0.1, -0.05) is 6.07 Å². The number of primary amides is 1. The first-order valence-electron chi connectivity index (χ1n) is 11.2. The highest BCUT2D eigenvalue weighted by Gasteiger charge is 2.27. The van der Waals surface area contributed by atoms with Gasteiger partial charge < -0.3 is 21.4 Å². The van der Waals surface area contributed by atoms with Crippen LogP contribution in [-0.4, -0.2) is 40.6 Å². The van der Waals surface area contributed by atoms with Crippen molar-refractivity contribution in [3.63, 3.8) is 0 Å². The van der Waals surface area contributed by atoms with E-state index < -0.39 is 5.91 Å². The second kappa shape index (κ2) is 7.90. The minimum atomic E-state index is -0.743. The van der Waals surface area contributed by atoms with Crippen LogP contribution in [-0.2, 0) is 0 Å². The number of aromatic amines is 1. The molecule has 0 spiro atoms. The highest BCUT2D eigenvalue weighted by atomic mass is 16.1. The molecule has 0 aliphatic heterocycles. The molecule has 0 radical (unpaired) electrons. The largest absolute Gasteiger partial charge is 0.395 e. The average Bonchev–Trinajstić information content (AvgIpc) is 3.39. The number of pyridine rings is 1. The zero-order chi connectivity index (χ0) is 24.1. The number of carbonyl (C=O) groups excluding carboxylic acids is 1. The third-order valence-electron chi connectivity index (χ3n) is 6.14.